The van der Waals surface area contributed by atoms with Gasteiger partial charge in [0.15, 0.2) is 0 Å². The molecule has 0 amide bonds. The topological polar surface area (TPSA) is 33.2 Å². The smallest absolute Gasteiger partial charge is 0.289 e. The van der Waals surface area contributed by atoms with Crippen LogP contribution >= 0.6 is 22.9 Å². The van der Waals surface area contributed by atoms with Crippen LogP contribution in [0.25, 0.3) is 18.4 Å². The van der Waals surface area contributed by atoms with E-state index in [1.54, 1.807) is 12.3 Å². The van der Waals surface area contributed by atoms with Gasteiger partial charge in [-0.2, -0.15) is 0 Å². The van der Waals surface area contributed by atoms with Crippen molar-refractivity contribution in [1.29, 1.82) is 0 Å². The Kier molecular flexibility index (Phi) is 3.12. The van der Waals surface area contributed by atoms with Crippen molar-refractivity contribution in [1.82, 2.24) is 9.88 Å². The second kappa shape index (κ2) is 4.39. The Labute approximate surface area is 102 Å². The molecule has 0 aliphatic heterocycles. The van der Waals surface area contributed by atoms with E-state index in [1.807, 2.05) is 31.1 Å². The van der Waals surface area contributed by atoms with Gasteiger partial charge in [0.25, 0.3) is 5.56 Å². The van der Waals surface area contributed by atoms with Gasteiger partial charge in [0.2, 0.25) is 0 Å². The molecule has 84 valence electrons. The fraction of sp³-hybridized carbons (Fsp3) is 0.273. The van der Waals surface area contributed by atoms with Crippen LogP contribution in [0.3, 0.4) is 0 Å². The zero-order valence-electron chi connectivity index (χ0n) is 8.98. The Morgan fingerprint density at radius 2 is 2.31 bits per heavy atom. The van der Waals surface area contributed by atoms with E-state index in [0.717, 1.165) is 4.53 Å². The van der Waals surface area contributed by atoms with Crippen LogP contribution in [-0.2, 0) is 0 Å². The van der Waals surface area contributed by atoms with Crippen LogP contribution in [0.4, 0.5) is 0 Å². The summed E-state index contributed by atoms with van der Waals surface area (Å²) in [4.78, 5) is 17.5. The zero-order chi connectivity index (χ0) is 11.7. The molecule has 0 radical (unpaired) electrons. The van der Waals surface area contributed by atoms with Gasteiger partial charge in [-0.1, -0.05) is 6.08 Å². The Bertz CT molecular complexity index is 603. The van der Waals surface area contributed by atoms with E-state index in [1.165, 1.54) is 11.3 Å². The van der Waals surface area contributed by atoms with Crippen molar-refractivity contribution in [3.8, 4) is 0 Å². The summed E-state index contributed by atoms with van der Waals surface area (Å²) in [6, 6.07) is 0. The molecule has 0 spiro atoms. The molecule has 0 N–H and O–H groups in total. The molecule has 1 aliphatic rings. The van der Waals surface area contributed by atoms with Crippen LogP contribution in [0.15, 0.2) is 10.9 Å². The fourth-order valence-corrected chi connectivity index (χ4v) is 2.71. The van der Waals surface area contributed by atoms with Gasteiger partial charge >= 0.3 is 0 Å². The van der Waals surface area contributed by atoms with Crippen molar-refractivity contribution in [2.24, 2.45) is 0 Å². The summed E-state index contributed by atoms with van der Waals surface area (Å²) in [6.07, 6.45) is 7.29. The lowest BCUT2D eigenvalue weighted by molar-refractivity contribution is 0.614. The van der Waals surface area contributed by atoms with Crippen LogP contribution in [0.2, 0.25) is 0 Å². The molecule has 1 heterocycles. The quantitative estimate of drug-likeness (QED) is 0.673. The van der Waals surface area contributed by atoms with Crippen molar-refractivity contribution in [2.75, 3.05) is 14.1 Å². The van der Waals surface area contributed by atoms with Gasteiger partial charge < -0.3 is 4.90 Å². The third kappa shape index (κ3) is 2.33. The second-order valence-electron chi connectivity index (χ2n) is 3.70. The van der Waals surface area contributed by atoms with E-state index >= 15 is 0 Å². The maximum atomic E-state index is 11.7. The van der Waals surface area contributed by atoms with Gasteiger partial charge in [-0.3, -0.25) is 4.79 Å². The summed E-state index contributed by atoms with van der Waals surface area (Å²) in [5.74, 6) is 0. The van der Waals surface area contributed by atoms with Crippen molar-refractivity contribution in [2.45, 2.75) is 5.38 Å². The van der Waals surface area contributed by atoms with Crippen LogP contribution in [0.1, 0.15) is 5.69 Å². The Morgan fingerprint density at radius 3 is 3.00 bits per heavy atom. The highest BCUT2D eigenvalue weighted by Gasteiger charge is 2.06. The molecule has 1 unspecified atom stereocenters. The fourth-order valence-electron chi connectivity index (χ4n) is 1.37. The predicted molar refractivity (Wildman–Crippen MR) is 68.9 cm³/mol. The SMILES string of the molecule is CN(C)/C=c1/sc2c(nc1=O)C=CC(Cl)C=2. The van der Waals surface area contributed by atoms with Crippen molar-refractivity contribution in [3.63, 3.8) is 0 Å². The summed E-state index contributed by atoms with van der Waals surface area (Å²) in [5.41, 5.74) is 0.520. The standard InChI is InChI=1S/C11H11ClN2OS/c1-14(2)6-10-11(15)13-8-4-3-7(12)5-9(8)16-10/h3-7H,1-2H3/b10-6+. The number of hydrogen-bond acceptors (Lipinski definition) is 4. The number of hydrogen-bond donors (Lipinski definition) is 0. The molecule has 2 rings (SSSR count). The third-order valence-electron chi connectivity index (χ3n) is 2.03. The summed E-state index contributed by atoms with van der Waals surface area (Å²) in [7, 11) is 3.75. The molecule has 1 aromatic heterocycles. The average molecular weight is 255 g/mol. The number of alkyl halides is 1. The van der Waals surface area contributed by atoms with E-state index < -0.39 is 0 Å². The number of rotatable bonds is 1. The van der Waals surface area contributed by atoms with Gasteiger partial charge in [0.1, 0.15) is 4.53 Å². The minimum Gasteiger partial charge on any atom is -0.382 e. The molecule has 0 saturated carbocycles. The lowest BCUT2D eigenvalue weighted by Crippen LogP contribution is -2.33. The number of aromatic nitrogens is 1. The monoisotopic (exact) mass is 254 g/mol. The molecule has 0 aromatic carbocycles. The van der Waals surface area contributed by atoms with E-state index in [-0.39, 0.29) is 10.9 Å². The molecule has 0 saturated heterocycles. The first kappa shape index (κ1) is 11.4. The summed E-state index contributed by atoms with van der Waals surface area (Å²) in [6.45, 7) is 0. The maximum absolute atomic E-state index is 11.7. The number of fused-ring (bicyclic) bond motifs is 1. The van der Waals surface area contributed by atoms with Crippen LogP contribution in [-0.4, -0.2) is 29.4 Å². The first-order chi connectivity index (χ1) is 7.56. The number of nitrogens with zero attached hydrogens (tertiary/aromatic N) is 2. The van der Waals surface area contributed by atoms with Crippen LogP contribution in [0, 0.1) is 0 Å². The third-order valence-corrected chi connectivity index (χ3v) is 3.37. The van der Waals surface area contributed by atoms with Gasteiger partial charge in [0, 0.05) is 20.3 Å². The molecule has 5 heteroatoms. The summed E-state index contributed by atoms with van der Waals surface area (Å²) >= 11 is 7.40. The van der Waals surface area contributed by atoms with Gasteiger partial charge in [-0.05, 0) is 12.2 Å². The van der Waals surface area contributed by atoms with E-state index in [9.17, 15) is 4.79 Å². The van der Waals surface area contributed by atoms with Crippen molar-refractivity contribution < 1.29 is 0 Å². The molecule has 16 heavy (non-hydrogen) atoms. The minimum absolute atomic E-state index is 0.116. The van der Waals surface area contributed by atoms with Crippen LogP contribution in [0.5, 0.6) is 0 Å². The van der Waals surface area contributed by atoms with Crippen molar-refractivity contribution in [3.05, 3.63) is 31.2 Å². The normalized spacial score (nSPS) is 19.2. The Hall–Kier alpha value is -1.13. The predicted octanol–water partition coefficient (Wildman–Crippen LogP) is 0.218. The lowest BCUT2D eigenvalue weighted by Gasteiger charge is -2.05. The highest BCUT2D eigenvalue weighted by molar-refractivity contribution is 7.07. The Balaban J connectivity index is 2.71. The van der Waals surface area contributed by atoms with Crippen LogP contribution < -0.4 is 14.6 Å². The summed E-state index contributed by atoms with van der Waals surface area (Å²) < 4.78 is 1.58. The molecule has 3 nitrogen and oxygen atoms in total. The summed E-state index contributed by atoms with van der Waals surface area (Å²) in [5, 5.41) is -0.116. The molecule has 0 bridgehead atoms. The van der Waals surface area contributed by atoms with E-state index in [2.05, 4.69) is 4.98 Å². The van der Waals surface area contributed by atoms with Gasteiger partial charge in [-0.15, -0.1) is 22.9 Å². The van der Waals surface area contributed by atoms with Crippen molar-refractivity contribution >= 4 is 41.3 Å². The Morgan fingerprint density at radius 1 is 1.56 bits per heavy atom. The zero-order valence-corrected chi connectivity index (χ0v) is 10.5. The number of halogens is 1. The van der Waals surface area contributed by atoms with E-state index in [0.29, 0.717) is 10.2 Å². The molecular formula is C11H11ClN2OS. The second-order valence-corrected chi connectivity index (χ2v) is 5.28. The first-order valence-corrected chi connectivity index (χ1v) is 6.05. The lowest BCUT2D eigenvalue weighted by atomic mass is 10.2. The number of allylic oxidation sites excluding steroid dienone is 1. The largest absolute Gasteiger partial charge is 0.382 e. The molecule has 0 fully saturated rings. The minimum atomic E-state index is -0.191. The van der Waals surface area contributed by atoms with Gasteiger partial charge in [-0.25, -0.2) is 4.98 Å². The molecule has 1 aliphatic carbocycles. The molecule has 1 atom stereocenters. The first-order valence-electron chi connectivity index (χ1n) is 4.80. The van der Waals surface area contributed by atoms with E-state index in [4.69, 9.17) is 11.6 Å². The highest BCUT2D eigenvalue weighted by atomic mass is 35.5. The molecule has 1 aromatic rings. The highest BCUT2D eigenvalue weighted by Crippen LogP contribution is 2.06. The average Bonchev–Trinajstić information content (AvgIpc) is 2.19. The van der Waals surface area contributed by atoms with Gasteiger partial charge in [0.05, 0.1) is 15.6 Å². The maximum Gasteiger partial charge on any atom is 0.289 e. The molecular weight excluding hydrogens is 244 g/mol.